The third-order valence-electron chi connectivity index (χ3n) is 2.35. The quantitative estimate of drug-likeness (QED) is 0.847. The van der Waals surface area contributed by atoms with E-state index in [1.54, 1.807) is 24.3 Å². The van der Waals surface area contributed by atoms with Crippen molar-refractivity contribution in [2.75, 3.05) is 5.73 Å². The van der Waals surface area contributed by atoms with Crippen LogP contribution in [0, 0.1) is 0 Å². The normalized spacial score (nSPS) is 10.3. The minimum Gasteiger partial charge on any atom is -0.398 e. The summed E-state index contributed by atoms with van der Waals surface area (Å²) in [5, 5.41) is 0.645. The van der Waals surface area contributed by atoms with Gasteiger partial charge in [-0.25, -0.2) is 0 Å². The van der Waals surface area contributed by atoms with Gasteiger partial charge in [-0.2, -0.15) is 0 Å². The first-order valence-electron chi connectivity index (χ1n) is 5.19. The maximum atomic E-state index is 11.1. The number of benzene rings is 2. The number of carbonyl (C=O) groups is 1. The first-order valence-corrected chi connectivity index (χ1v) is 6.39. The number of nitrogens with two attached hydrogens (primary N) is 2. The van der Waals surface area contributed by atoms with E-state index < -0.39 is 5.91 Å². The molecule has 3 nitrogen and oxygen atoms in total. The Labute approximate surface area is 114 Å². The number of nitrogen functional groups attached to an aromatic ring is 1. The van der Waals surface area contributed by atoms with E-state index in [0.29, 0.717) is 16.3 Å². The van der Waals surface area contributed by atoms with Crippen molar-refractivity contribution < 1.29 is 4.79 Å². The van der Waals surface area contributed by atoms with Gasteiger partial charge in [0.05, 0.1) is 5.02 Å². The second-order valence-electron chi connectivity index (χ2n) is 3.65. The Morgan fingerprint density at radius 2 is 1.83 bits per heavy atom. The lowest BCUT2D eigenvalue weighted by atomic mass is 10.2. The van der Waals surface area contributed by atoms with Crippen molar-refractivity contribution in [2.24, 2.45) is 5.73 Å². The topological polar surface area (TPSA) is 69.1 Å². The molecule has 0 unspecified atom stereocenters. The van der Waals surface area contributed by atoms with E-state index in [2.05, 4.69) is 0 Å². The van der Waals surface area contributed by atoms with Gasteiger partial charge in [-0.1, -0.05) is 35.5 Å². The standard InChI is InChI=1S/C13H11ClN2OS/c14-9-3-1-2-4-11(9)18-12-7-8(13(16)17)5-6-10(12)15/h1-7H,15H2,(H2,16,17). The lowest BCUT2D eigenvalue weighted by Gasteiger charge is -2.08. The first-order chi connectivity index (χ1) is 8.58. The molecule has 92 valence electrons. The molecule has 1 amide bonds. The summed E-state index contributed by atoms with van der Waals surface area (Å²) in [5.41, 5.74) is 12.1. The van der Waals surface area contributed by atoms with Crippen LogP contribution in [0.25, 0.3) is 0 Å². The van der Waals surface area contributed by atoms with Gasteiger partial charge in [0.15, 0.2) is 0 Å². The molecule has 0 aliphatic carbocycles. The van der Waals surface area contributed by atoms with Gasteiger partial charge in [-0.3, -0.25) is 4.79 Å². The number of hydrogen-bond donors (Lipinski definition) is 2. The molecule has 5 heteroatoms. The minimum atomic E-state index is -0.476. The van der Waals surface area contributed by atoms with Gasteiger partial charge in [0.25, 0.3) is 0 Å². The van der Waals surface area contributed by atoms with E-state index >= 15 is 0 Å². The summed E-state index contributed by atoms with van der Waals surface area (Å²) in [7, 11) is 0. The molecular weight excluding hydrogens is 268 g/mol. The molecule has 0 bridgehead atoms. The van der Waals surface area contributed by atoms with Crippen molar-refractivity contribution in [3.05, 3.63) is 53.1 Å². The maximum Gasteiger partial charge on any atom is 0.248 e. The van der Waals surface area contributed by atoms with Crippen LogP contribution < -0.4 is 11.5 Å². The number of amides is 1. The molecule has 0 saturated carbocycles. The predicted octanol–water partition coefficient (Wildman–Crippen LogP) is 3.17. The Kier molecular flexibility index (Phi) is 3.79. The van der Waals surface area contributed by atoms with Crippen LogP contribution in [0.15, 0.2) is 52.3 Å². The number of hydrogen-bond acceptors (Lipinski definition) is 3. The average molecular weight is 279 g/mol. The van der Waals surface area contributed by atoms with Gasteiger partial charge in [0, 0.05) is 21.0 Å². The third kappa shape index (κ3) is 2.78. The third-order valence-corrected chi connectivity index (χ3v) is 3.95. The Morgan fingerprint density at radius 3 is 2.50 bits per heavy atom. The number of rotatable bonds is 3. The summed E-state index contributed by atoms with van der Waals surface area (Å²) in [6.45, 7) is 0. The molecule has 0 aliphatic rings. The molecule has 0 aliphatic heterocycles. The number of primary amides is 1. The summed E-state index contributed by atoms with van der Waals surface area (Å²) in [4.78, 5) is 12.8. The summed E-state index contributed by atoms with van der Waals surface area (Å²) < 4.78 is 0. The fourth-order valence-electron chi connectivity index (χ4n) is 1.42. The largest absolute Gasteiger partial charge is 0.398 e. The highest BCUT2D eigenvalue weighted by Crippen LogP contribution is 2.36. The lowest BCUT2D eigenvalue weighted by molar-refractivity contribution is 0.1000. The molecule has 4 N–H and O–H groups in total. The van der Waals surface area contributed by atoms with Crippen molar-refractivity contribution in [3.8, 4) is 0 Å². The van der Waals surface area contributed by atoms with Crippen LogP contribution in [0.5, 0.6) is 0 Å². The highest BCUT2D eigenvalue weighted by molar-refractivity contribution is 7.99. The molecular formula is C13H11ClN2OS. The predicted molar refractivity (Wildman–Crippen MR) is 74.9 cm³/mol. The van der Waals surface area contributed by atoms with Crippen molar-refractivity contribution in [3.63, 3.8) is 0 Å². The summed E-state index contributed by atoms with van der Waals surface area (Å²) in [5.74, 6) is -0.476. The molecule has 0 heterocycles. The van der Waals surface area contributed by atoms with Crippen LogP contribution in [0.1, 0.15) is 10.4 Å². The number of carbonyl (C=O) groups excluding carboxylic acids is 1. The summed E-state index contributed by atoms with van der Waals surface area (Å²) >= 11 is 7.48. The van der Waals surface area contributed by atoms with Gasteiger partial charge < -0.3 is 11.5 Å². The van der Waals surface area contributed by atoms with Gasteiger partial charge in [0.1, 0.15) is 0 Å². The van der Waals surface area contributed by atoms with Crippen LogP contribution in [-0.2, 0) is 0 Å². The van der Waals surface area contributed by atoms with Crippen LogP contribution >= 0.6 is 23.4 Å². The summed E-state index contributed by atoms with van der Waals surface area (Å²) in [6, 6.07) is 12.4. The van der Waals surface area contributed by atoms with Gasteiger partial charge >= 0.3 is 0 Å². The zero-order valence-corrected chi connectivity index (χ0v) is 11.0. The van der Waals surface area contributed by atoms with Gasteiger partial charge in [-0.05, 0) is 30.3 Å². The van der Waals surface area contributed by atoms with E-state index in [-0.39, 0.29) is 0 Å². The molecule has 0 fully saturated rings. The van der Waals surface area contributed by atoms with E-state index in [9.17, 15) is 4.79 Å². The number of anilines is 1. The molecule has 0 radical (unpaired) electrons. The zero-order chi connectivity index (χ0) is 13.1. The van der Waals surface area contributed by atoms with Crippen LogP contribution in [-0.4, -0.2) is 5.91 Å². The van der Waals surface area contributed by atoms with Crippen molar-refractivity contribution in [1.82, 2.24) is 0 Å². The maximum absolute atomic E-state index is 11.1. The minimum absolute atomic E-state index is 0.429. The summed E-state index contributed by atoms with van der Waals surface area (Å²) in [6.07, 6.45) is 0. The molecule has 18 heavy (non-hydrogen) atoms. The molecule has 0 spiro atoms. The first kappa shape index (κ1) is 12.8. The van der Waals surface area contributed by atoms with Crippen molar-refractivity contribution in [1.29, 1.82) is 0 Å². The number of halogens is 1. The molecule has 0 saturated heterocycles. The van der Waals surface area contributed by atoms with E-state index in [1.165, 1.54) is 11.8 Å². The van der Waals surface area contributed by atoms with Crippen LogP contribution in [0.3, 0.4) is 0 Å². The van der Waals surface area contributed by atoms with Crippen molar-refractivity contribution >= 4 is 35.0 Å². The lowest BCUT2D eigenvalue weighted by Crippen LogP contribution is -2.11. The molecule has 2 aromatic rings. The Morgan fingerprint density at radius 1 is 1.11 bits per heavy atom. The molecule has 0 atom stereocenters. The monoisotopic (exact) mass is 278 g/mol. The van der Waals surface area contributed by atoms with Gasteiger partial charge in [0.2, 0.25) is 5.91 Å². The van der Waals surface area contributed by atoms with Crippen LogP contribution in [0.2, 0.25) is 5.02 Å². The molecule has 2 rings (SSSR count). The second kappa shape index (κ2) is 5.33. The average Bonchev–Trinajstić information content (AvgIpc) is 2.34. The molecule has 2 aromatic carbocycles. The smallest absolute Gasteiger partial charge is 0.248 e. The van der Waals surface area contributed by atoms with Crippen molar-refractivity contribution in [2.45, 2.75) is 9.79 Å². The second-order valence-corrected chi connectivity index (χ2v) is 5.14. The van der Waals surface area contributed by atoms with E-state index in [4.69, 9.17) is 23.1 Å². The fourth-order valence-corrected chi connectivity index (χ4v) is 2.59. The van der Waals surface area contributed by atoms with Crippen LogP contribution in [0.4, 0.5) is 5.69 Å². The van der Waals surface area contributed by atoms with Gasteiger partial charge in [-0.15, -0.1) is 0 Å². The molecule has 0 aromatic heterocycles. The Hall–Kier alpha value is -1.65. The highest BCUT2D eigenvalue weighted by Gasteiger charge is 2.08. The Balaban J connectivity index is 2.37. The SMILES string of the molecule is NC(=O)c1ccc(N)c(Sc2ccccc2Cl)c1. The Bertz CT molecular complexity index is 601. The van der Waals surface area contributed by atoms with E-state index in [1.807, 2.05) is 18.2 Å². The fraction of sp³-hybridized carbons (Fsp3) is 0. The van der Waals surface area contributed by atoms with E-state index in [0.717, 1.165) is 9.79 Å². The zero-order valence-electron chi connectivity index (χ0n) is 9.39. The highest BCUT2D eigenvalue weighted by atomic mass is 35.5.